The first-order chi connectivity index (χ1) is 7.86. The minimum absolute atomic E-state index is 0.0516. The highest BCUT2D eigenvalue weighted by Gasteiger charge is 2.12. The summed E-state index contributed by atoms with van der Waals surface area (Å²) in [5.74, 6) is 0.754. The first-order valence-electron chi connectivity index (χ1n) is 6.30. The van der Waals surface area contributed by atoms with E-state index in [1.165, 1.54) is 25.8 Å². The molecule has 0 aliphatic carbocycles. The van der Waals surface area contributed by atoms with E-state index >= 15 is 0 Å². The van der Waals surface area contributed by atoms with Crippen molar-refractivity contribution in [3.05, 3.63) is 35.6 Å². The number of hydrogen-bond acceptors (Lipinski definition) is 1. The van der Waals surface area contributed by atoms with Gasteiger partial charge >= 0.3 is 0 Å². The molecule has 0 spiro atoms. The molecule has 0 saturated carbocycles. The third-order valence-corrected chi connectivity index (χ3v) is 3.42. The van der Waals surface area contributed by atoms with Crippen LogP contribution in [0, 0.1) is 11.7 Å². The zero-order valence-corrected chi connectivity index (χ0v) is 9.71. The number of piperidine rings is 1. The molecule has 0 amide bonds. The lowest BCUT2D eigenvalue weighted by Crippen LogP contribution is -2.29. The summed E-state index contributed by atoms with van der Waals surface area (Å²) >= 11 is 0. The Morgan fingerprint density at radius 3 is 2.94 bits per heavy atom. The first-order valence-corrected chi connectivity index (χ1v) is 6.30. The fourth-order valence-electron chi connectivity index (χ4n) is 2.45. The Morgan fingerprint density at radius 1 is 1.31 bits per heavy atom. The van der Waals surface area contributed by atoms with Crippen molar-refractivity contribution in [2.24, 2.45) is 5.92 Å². The first kappa shape index (κ1) is 11.6. The number of nitrogens with one attached hydrogen (secondary N) is 1. The van der Waals surface area contributed by atoms with Crippen LogP contribution in [0.5, 0.6) is 0 Å². The Hall–Kier alpha value is -0.890. The van der Waals surface area contributed by atoms with E-state index in [0.29, 0.717) is 0 Å². The highest BCUT2D eigenvalue weighted by Crippen LogP contribution is 2.18. The summed E-state index contributed by atoms with van der Waals surface area (Å²) in [5.41, 5.74) is 0.867. The van der Waals surface area contributed by atoms with Gasteiger partial charge in [0.15, 0.2) is 0 Å². The van der Waals surface area contributed by atoms with Crippen LogP contribution < -0.4 is 5.32 Å². The van der Waals surface area contributed by atoms with E-state index in [1.54, 1.807) is 12.1 Å². The Balaban J connectivity index is 1.73. The smallest absolute Gasteiger partial charge is 0.126 e. The molecule has 1 fully saturated rings. The second-order valence-corrected chi connectivity index (χ2v) is 4.70. The van der Waals surface area contributed by atoms with E-state index in [2.05, 4.69) is 5.32 Å². The average Bonchev–Trinajstić information content (AvgIpc) is 2.33. The molecular formula is C14H20FN. The van der Waals surface area contributed by atoms with Gasteiger partial charge in [0, 0.05) is 0 Å². The molecule has 0 bridgehead atoms. The van der Waals surface area contributed by atoms with E-state index in [4.69, 9.17) is 0 Å². The SMILES string of the molecule is Fc1ccccc1CCC[C@@H]1CCCNC1. The molecule has 1 aromatic carbocycles. The van der Waals surface area contributed by atoms with Crippen molar-refractivity contribution in [3.8, 4) is 0 Å². The molecule has 88 valence electrons. The number of benzene rings is 1. The van der Waals surface area contributed by atoms with Crippen molar-refractivity contribution in [1.82, 2.24) is 5.32 Å². The summed E-state index contributed by atoms with van der Waals surface area (Å²) in [4.78, 5) is 0. The van der Waals surface area contributed by atoms with E-state index in [1.807, 2.05) is 12.1 Å². The largest absolute Gasteiger partial charge is 0.316 e. The second kappa shape index (κ2) is 6.00. The maximum atomic E-state index is 13.3. The third-order valence-electron chi connectivity index (χ3n) is 3.42. The van der Waals surface area contributed by atoms with Crippen LogP contribution in [0.15, 0.2) is 24.3 Å². The molecular weight excluding hydrogens is 201 g/mol. The summed E-state index contributed by atoms with van der Waals surface area (Å²) in [6.45, 7) is 2.32. The average molecular weight is 221 g/mol. The summed E-state index contributed by atoms with van der Waals surface area (Å²) < 4.78 is 13.3. The number of rotatable bonds is 4. The van der Waals surface area contributed by atoms with Gasteiger partial charge in [0.05, 0.1) is 0 Å². The molecule has 0 unspecified atom stereocenters. The summed E-state index contributed by atoms with van der Waals surface area (Å²) in [7, 11) is 0. The van der Waals surface area contributed by atoms with E-state index in [0.717, 1.165) is 30.9 Å². The van der Waals surface area contributed by atoms with Crippen molar-refractivity contribution in [1.29, 1.82) is 0 Å². The lowest BCUT2D eigenvalue weighted by molar-refractivity contribution is 0.350. The van der Waals surface area contributed by atoms with E-state index in [-0.39, 0.29) is 5.82 Å². The Morgan fingerprint density at radius 2 is 2.19 bits per heavy atom. The summed E-state index contributed by atoms with van der Waals surface area (Å²) in [5, 5.41) is 3.42. The van der Waals surface area contributed by atoms with Gasteiger partial charge in [-0.15, -0.1) is 0 Å². The minimum atomic E-state index is -0.0516. The van der Waals surface area contributed by atoms with Crippen molar-refractivity contribution in [3.63, 3.8) is 0 Å². The predicted octanol–water partition coefficient (Wildman–Crippen LogP) is 3.15. The molecule has 1 saturated heterocycles. The lowest BCUT2D eigenvalue weighted by Gasteiger charge is -2.22. The van der Waals surface area contributed by atoms with Gasteiger partial charge in [-0.05, 0) is 62.7 Å². The van der Waals surface area contributed by atoms with Gasteiger partial charge < -0.3 is 5.32 Å². The number of halogens is 1. The normalized spacial score (nSPS) is 20.9. The zero-order valence-electron chi connectivity index (χ0n) is 9.71. The molecule has 2 heteroatoms. The topological polar surface area (TPSA) is 12.0 Å². The second-order valence-electron chi connectivity index (χ2n) is 4.70. The monoisotopic (exact) mass is 221 g/mol. The molecule has 1 aliphatic rings. The molecule has 0 aromatic heterocycles. The standard InChI is InChI=1S/C14H20FN/c15-14-9-2-1-7-13(14)8-3-5-12-6-4-10-16-11-12/h1-2,7,9,12,16H,3-6,8,10-11H2/t12-/m1/s1. The lowest BCUT2D eigenvalue weighted by atomic mass is 9.93. The van der Waals surface area contributed by atoms with Gasteiger partial charge in [-0.3, -0.25) is 0 Å². The van der Waals surface area contributed by atoms with Crippen LogP contribution in [0.25, 0.3) is 0 Å². The zero-order chi connectivity index (χ0) is 11.2. The summed E-state index contributed by atoms with van der Waals surface area (Å²) in [6.07, 6.45) is 5.84. The van der Waals surface area contributed by atoms with Crippen LogP contribution in [-0.4, -0.2) is 13.1 Å². The van der Waals surface area contributed by atoms with Gasteiger partial charge in [-0.2, -0.15) is 0 Å². The highest BCUT2D eigenvalue weighted by molar-refractivity contribution is 5.17. The fraction of sp³-hybridized carbons (Fsp3) is 0.571. The highest BCUT2D eigenvalue weighted by atomic mass is 19.1. The molecule has 1 N–H and O–H groups in total. The molecule has 1 nitrogen and oxygen atoms in total. The van der Waals surface area contributed by atoms with Crippen molar-refractivity contribution >= 4 is 0 Å². The van der Waals surface area contributed by atoms with Gasteiger partial charge in [-0.1, -0.05) is 18.2 Å². The molecule has 16 heavy (non-hydrogen) atoms. The quantitative estimate of drug-likeness (QED) is 0.823. The van der Waals surface area contributed by atoms with Gasteiger partial charge in [0.1, 0.15) is 5.82 Å². The van der Waals surface area contributed by atoms with Crippen LogP contribution in [0.2, 0.25) is 0 Å². The Kier molecular flexibility index (Phi) is 4.34. The van der Waals surface area contributed by atoms with Crippen molar-refractivity contribution < 1.29 is 4.39 Å². The Bertz CT molecular complexity index is 318. The summed E-state index contributed by atoms with van der Waals surface area (Å²) in [6, 6.07) is 7.12. The number of hydrogen-bond donors (Lipinski definition) is 1. The molecule has 0 radical (unpaired) electrons. The van der Waals surface area contributed by atoms with Crippen LogP contribution in [0.4, 0.5) is 4.39 Å². The maximum absolute atomic E-state index is 13.3. The number of aryl methyl sites for hydroxylation is 1. The third kappa shape index (κ3) is 3.31. The van der Waals surface area contributed by atoms with Gasteiger partial charge in [-0.25, -0.2) is 4.39 Å². The maximum Gasteiger partial charge on any atom is 0.126 e. The predicted molar refractivity (Wildman–Crippen MR) is 64.9 cm³/mol. The van der Waals surface area contributed by atoms with E-state index < -0.39 is 0 Å². The van der Waals surface area contributed by atoms with Crippen LogP contribution in [0.3, 0.4) is 0 Å². The van der Waals surface area contributed by atoms with Crippen molar-refractivity contribution in [2.75, 3.05) is 13.1 Å². The molecule has 1 aromatic rings. The van der Waals surface area contributed by atoms with E-state index in [9.17, 15) is 4.39 Å². The molecule has 1 heterocycles. The minimum Gasteiger partial charge on any atom is -0.316 e. The van der Waals surface area contributed by atoms with Crippen LogP contribution in [0.1, 0.15) is 31.2 Å². The van der Waals surface area contributed by atoms with Crippen LogP contribution in [-0.2, 0) is 6.42 Å². The van der Waals surface area contributed by atoms with Crippen molar-refractivity contribution in [2.45, 2.75) is 32.1 Å². The molecule has 1 atom stereocenters. The van der Waals surface area contributed by atoms with Gasteiger partial charge in [0.25, 0.3) is 0 Å². The van der Waals surface area contributed by atoms with Crippen LogP contribution >= 0.6 is 0 Å². The molecule has 2 rings (SSSR count). The Labute approximate surface area is 97.1 Å². The van der Waals surface area contributed by atoms with Gasteiger partial charge in [0.2, 0.25) is 0 Å². The fourth-order valence-corrected chi connectivity index (χ4v) is 2.45. The molecule has 1 aliphatic heterocycles.